The molecule has 108 valence electrons. The highest BCUT2D eigenvalue weighted by molar-refractivity contribution is 5.80. The molecular weight excluding hydrogens is 266 g/mol. The van der Waals surface area contributed by atoms with Crippen LogP contribution in [-0.4, -0.2) is 0 Å². The summed E-state index contributed by atoms with van der Waals surface area (Å²) in [7, 11) is 0. The highest BCUT2D eigenvalue weighted by Gasteiger charge is 2.03. The molecule has 0 aromatic heterocycles. The van der Waals surface area contributed by atoms with E-state index in [1.54, 1.807) is 0 Å². The fourth-order valence-corrected chi connectivity index (χ4v) is 2.54. The van der Waals surface area contributed by atoms with Crippen molar-refractivity contribution in [1.29, 1.82) is 0 Å². The van der Waals surface area contributed by atoms with Crippen LogP contribution in [-0.2, 0) is 0 Å². The fourth-order valence-electron chi connectivity index (χ4n) is 2.54. The van der Waals surface area contributed by atoms with E-state index in [-0.39, 0.29) is 0 Å². The number of hydrogen-bond acceptors (Lipinski definition) is 1. The van der Waals surface area contributed by atoms with Crippen molar-refractivity contribution in [2.24, 2.45) is 0 Å². The first-order valence-corrected chi connectivity index (χ1v) is 7.51. The molecule has 0 heterocycles. The summed E-state index contributed by atoms with van der Waals surface area (Å²) in [5.74, 6) is 0. The Morgan fingerprint density at radius 2 is 1.14 bits per heavy atom. The quantitative estimate of drug-likeness (QED) is 0.631. The van der Waals surface area contributed by atoms with Gasteiger partial charge in [-0.3, -0.25) is 0 Å². The van der Waals surface area contributed by atoms with Crippen molar-refractivity contribution in [3.8, 4) is 0 Å². The molecule has 0 amide bonds. The van der Waals surface area contributed by atoms with Crippen LogP contribution in [0.4, 0.5) is 11.4 Å². The molecule has 0 saturated heterocycles. The molecule has 0 fully saturated rings. The fraction of sp³-hybridized carbons (Fsp3) is 0.0476. The molecule has 1 N–H and O–H groups in total. The monoisotopic (exact) mass is 285 g/mol. The third kappa shape index (κ3) is 3.26. The number of nitrogens with one attached hydrogen (secondary N) is 1. The summed E-state index contributed by atoms with van der Waals surface area (Å²) in [5.41, 5.74) is 5.93. The van der Waals surface area contributed by atoms with Crippen molar-refractivity contribution < 1.29 is 0 Å². The van der Waals surface area contributed by atoms with E-state index in [0.29, 0.717) is 0 Å². The van der Waals surface area contributed by atoms with E-state index >= 15 is 0 Å². The Balaban J connectivity index is 1.82. The van der Waals surface area contributed by atoms with Crippen LogP contribution >= 0.6 is 0 Å². The topological polar surface area (TPSA) is 12.0 Å². The summed E-state index contributed by atoms with van der Waals surface area (Å²) >= 11 is 0. The van der Waals surface area contributed by atoms with Gasteiger partial charge in [0.25, 0.3) is 0 Å². The van der Waals surface area contributed by atoms with Crippen molar-refractivity contribution in [1.82, 2.24) is 0 Å². The van der Waals surface area contributed by atoms with Crippen LogP contribution in [0.2, 0.25) is 0 Å². The Kier molecular flexibility index (Phi) is 4.35. The van der Waals surface area contributed by atoms with E-state index in [0.717, 1.165) is 11.4 Å². The second kappa shape index (κ2) is 6.77. The third-order valence-corrected chi connectivity index (χ3v) is 3.63. The van der Waals surface area contributed by atoms with Crippen molar-refractivity contribution in [3.05, 3.63) is 102 Å². The lowest BCUT2D eigenvalue weighted by Gasteiger charge is -2.10. The molecule has 22 heavy (non-hydrogen) atoms. The molecule has 1 nitrogen and oxygen atoms in total. The highest BCUT2D eigenvalue weighted by atomic mass is 14.9. The zero-order valence-electron chi connectivity index (χ0n) is 12.7. The van der Waals surface area contributed by atoms with E-state index in [2.05, 4.69) is 79.0 Å². The van der Waals surface area contributed by atoms with Crippen LogP contribution in [0.15, 0.2) is 91.0 Å². The second-order valence-corrected chi connectivity index (χ2v) is 5.14. The van der Waals surface area contributed by atoms with E-state index < -0.39 is 0 Å². The van der Waals surface area contributed by atoms with Gasteiger partial charge in [0.05, 0.1) is 0 Å². The first kappa shape index (κ1) is 14.2. The van der Waals surface area contributed by atoms with Gasteiger partial charge in [0.2, 0.25) is 0 Å². The van der Waals surface area contributed by atoms with Crippen LogP contribution in [0.3, 0.4) is 0 Å². The van der Waals surface area contributed by atoms with Gasteiger partial charge in [-0.1, -0.05) is 66.7 Å². The predicted molar refractivity (Wildman–Crippen MR) is 95.4 cm³/mol. The number of anilines is 2. The number of benzene rings is 3. The van der Waals surface area contributed by atoms with Gasteiger partial charge < -0.3 is 5.32 Å². The SMILES string of the molecule is C/C=C(\c1ccccc1)c1ccc(Nc2ccccc2)cc1. The van der Waals surface area contributed by atoms with Gasteiger partial charge in [0.15, 0.2) is 0 Å². The normalized spacial score (nSPS) is 11.2. The van der Waals surface area contributed by atoms with Crippen LogP contribution in [0, 0.1) is 0 Å². The largest absolute Gasteiger partial charge is 0.356 e. The first-order chi connectivity index (χ1) is 10.9. The van der Waals surface area contributed by atoms with Gasteiger partial charge in [0, 0.05) is 11.4 Å². The summed E-state index contributed by atoms with van der Waals surface area (Å²) in [6.45, 7) is 2.08. The van der Waals surface area contributed by atoms with Crippen LogP contribution in [0.1, 0.15) is 18.1 Å². The number of allylic oxidation sites excluding steroid dienone is 1. The zero-order chi connectivity index (χ0) is 15.2. The van der Waals surface area contributed by atoms with Crippen molar-refractivity contribution >= 4 is 16.9 Å². The minimum atomic E-state index is 1.10. The zero-order valence-corrected chi connectivity index (χ0v) is 12.7. The number of rotatable bonds is 4. The molecule has 0 spiro atoms. The first-order valence-electron chi connectivity index (χ1n) is 7.51. The molecule has 3 aromatic rings. The maximum absolute atomic E-state index is 3.41. The molecule has 3 rings (SSSR count). The lowest BCUT2D eigenvalue weighted by molar-refractivity contribution is 1.50. The molecule has 0 radical (unpaired) electrons. The van der Waals surface area contributed by atoms with Gasteiger partial charge in [-0.15, -0.1) is 0 Å². The minimum Gasteiger partial charge on any atom is -0.356 e. The Labute approximate surface area is 132 Å². The Hall–Kier alpha value is -2.80. The Morgan fingerprint density at radius 1 is 0.636 bits per heavy atom. The number of hydrogen-bond donors (Lipinski definition) is 1. The second-order valence-electron chi connectivity index (χ2n) is 5.14. The average molecular weight is 285 g/mol. The maximum atomic E-state index is 3.41. The van der Waals surface area contributed by atoms with Gasteiger partial charge in [-0.05, 0) is 47.9 Å². The summed E-state index contributed by atoms with van der Waals surface area (Å²) in [6, 6.07) is 29.3. The molecule has 0 saturated carbocycles. The Bertz CT molecular complexity index is 741. The van der Waals surface area contributed by atoms with E-state index in [4.69, 9.17) is 0 Å². The molecule has 0 unspecified atom stereocenters. The molecule has 0 aliphatic heterocycles. The molecule has 0 atom stereocenters. The molecule has 0 aliphatic rings. The average Bonchev–Trinajstić information content (AvgIpc) is 2.59. The predicted octanol–water partition coefficient (Wildman–Crippen LogP) is 5.88. The summed E-state index contributed by atoms with van der Waals surface area (Å²) < 4.78 is 0. The third-order valence-electron chi connectivity index (χ3n) is 3.63. The summed E-state index contributed by atoms with van der Waals surface area (Å²) in [4.78, 5) is 0. The lowest BCUT2D eigenvalue weighted by atomic mass is 9.98. The van der Waals surface area contributed by atoms with Crippen LogP contribution in [0.25, 0.3) is 5.57 Å². The van der Waals surface area contributed by atoms with E-state index in [9.17, 15) is 0 Å². The van der Waals surface area contributed by atoms with Crippen LogP contribution < -0.4 is 5.32 Å². The molecule has 0 aliphatic carbocycles. The molecular formula is C21H19N. The van der Waals surface area contributed by atoms with Gasteiger partial charge >= 0.3 is 0 Å². The van der Waals surface area contributed by atoms with Gasteiger partial charge in [0.1, 0.15) is 0 Å². The van der Waals surface area contributed by atoms with Gasteiger partial charge in [-0.2, -0.15) is 0 Å². The molecule has 3 aromatic carbocycles. The smallest absolute Gasteiger partial charge is 0.0384 e. The van der Waals surface area contributed by atoms with Crippen molar-refractivity contribution in [2.45, 2.75) is 6.92 Å². The Morgan fingerprint density at radius 3 is 1.73 bits per heavy atom. The molecule has 0 bridgehead atoms. The lowest BCUT2D eigenvalue weighted by Crippen LogP contribution is -1.91. The van der Waals surface area contributed by atoms with Crippen molar-refractivity contribution in [3.63, 3.8) is 0 Å². The maximum Gasteiger partial charge on any atom is 0.0384 e. The summed E-state index contributed by atoms with van der Waals surface area (Å²) in [5, 5.41) is 3.41. The van der Waals surface area contributed by atoms with E-state index in [1.807, 2.05) is 24.3 Å². The van der Waals surface area contributed by atoms with Gasteiger partial charge in [-0.25, -0.2) is 0 Å². The van der Waals surface area contributed by atoms with E-state index in [1.165, 1.54) is 16.7 Å². The standard InChI is InChI=1S/C21H19N/c1-2-21(17-9-5-3-6-10-17)18-13-15-20(16-14-18)22-19-11-7-4-8-12-19/h2-16,22H,1H3/b21-2+. The molecule has 1 heteroatoms. The number of para-hydroxylation sites is 1. The van der Waals surface area contributed by atoms with Crippen LogP contribution in [0.5, 0.6) is 0 Å². The highest BCUT2D eigenvalue weighted by Crippen LogP contribution is 2.25. The minimum absolute atomic E-state index is 1.10. The summed E-state index contributed by atoms with van der Waals surface area (Å²) in [6.07, 6.45) is 2.16. The van der Waals surface area contributed by atoms with Crippen molar-refractivity contribution in [2.75, 3.05) is 5.32 Å².